The first-order valence-electron chi connectivity index (χ1n) is 8.32. The first-order valence-corrected chi connectivity index (χ1v) is 8.70. The van der Waals surface area contributed by atoms with Gasteiger partial charge in [-0.2, -0.15) is 0 Å². The Labute approximate surface area is 159 Å². The molecule has 2 heterocycles. The maximum absolute atomic E-state index is 13.2. The van der Waals surface area contributed by atoms with E-state index in [1.54, 1.807) is 4.90 Å². The van der Waals surface area contributed by atoms with Crippen LogP contribution in [0.3, 0.4) is 0 Å². The molecule has 1 aromatic carbocycles. The van der Waals surface area contributed by atoms with Gasteiger partial charge in [0.1, 0.15) is 5.82 Å². The Morgan fingerprint density at radius 1 is 1.37 bits per heavy atom. The second kappa shape index (κ2) is 8.01. The molecular weight excluding hydrogens is 379 g/mol. The van der Waals surface area contributed by atoms with Gasteiger partial charge < -0.3 is 15.0 Å². The van der Waals surface area contributed by atoms with Crippen molar-refractivity contribution >= 4 is 35.2 Å². The van der Waals surface area contributed by atoms with Crippen molar-refractivity contribution in [1.82, 2.24) is 15.1 Å². The van der Waals surface area contributed by atoms with Crippen LogP contribution in [0.1, 0.15) is 5.56 Å². The summed E-state index contributed by atoms with van der Waals surface area (Å²) in [6.07, 6.45) is 0. The predicted octanol–water partition coefficient (Wildman–Crippen LogP) is 0.193. The number of nitrogens with one attached hydrogen (secondary N) is 1. The van der Waals surface area contributed by atoms with E-state index in [1.165, 1.54) is 25.2 Å². The van der Waals surface area contributed by atoms with E-state index in [1.807, 2.05) is 0 Å². The number of halogens is 2. The fraction of sp³-hybridized carbons (Fsp3) is 0.412. The van der Waals surface area contributed by atoms with E-state index < -0.39 is 29.5 Å². The molecule has 0 bridgehead atoms. The number of benzene rings is 1. The third kappa shape index (κ3) is 4.09. The fourth-order valence-electron chi connectivity index (χ4n) is 2.80. The van der Waals surface area contributed by atoms with Crippen LogP contribution < -0.4 is 5.32 Å². The predicted molar refractivity (Wildman–Crippen MR) is 94.6 cm³/mol. The molecule has 1 saturated heterocycles. The molecule has 10 heteroatoms. The molecule has 2 aliphatic heterocycles. The van der Waals surface area contributed by atoms with Gasteiger partial charge in [-0.1, -0.05) is 17.7 Å². The number of hydrogen-bond donors (Lipinski definition) is 1. The molecule has 0 spiro atoms. The highest BCUT2D eigenvalue weighted by Gasteiger charge is 2.41. The average molecular weight is 397 g/mol. The van der Waals surface area contributed by atoms with Gasteiger partial charge >= 0.3 is 0 Å². The number of Topliss-reactive ketones (excluding diaryl/α,β-unsaturated/α-hetero) is 1. The third-order valence-corrected chi connectivity index (χ3v) is 4.59. The molecule has 1 fully saturated rings. The standard InChI is InChI=1S/C17H18ClFN4O4/c1-22-16(26)14(24)13(21-17(22)23-4-6-27-7-5-23)15(25)20-9-10-2-3-12(19)11(18)8-10/h2-3,8,13H,4-7,9H2,1H3,(H,20,25). The Kier molecular flexibility index (Phi) is 5.71. The molecule has 8 nitrogen and oxygen atoms in total. The minimum Gasteiger partial charge on any atom is -0.378 e. The number of ketones is 1. The minimum absolute atomic E-state index is 0.0229. The van der Waals surface area contributed by atoms with E-state index >= 15 is 0 Å². The molecule has 2 aliphatic rings. The van der Waals surface area contributed by atoms with Gasteiger partial charge in [-0.3, -0.25) is 19.3 Å². The number of amides is 2. The van der Waals surface area contributed by atoms with Gasteiger partial charge in [-0.25, -0.2) is 9.38 Å². The number of rotatable bonds is 3. The molecule has 0 aliphatic carbocycles. The first-order chi connectivity index (χ1) is 12.9. The largest absolute Gasteiger partial charge is 0.378 e. The zero-order valence-electron chi connectivity index (χ0n) is 14.6. The van der Waals surface area contributed by atoms with E-state index in [9.17, 15) is 18.8 Å². The second-order valence-electron chi connectivity index (χ2n) is 6.13. The van der Waals surface area contributed by atoms with Gasteiger partial charge in [0.15, 0.2) is 6.04 Å². The molecule has 3 rings (SSSR count). The van der Waals surface area contributed by atoms with Crippen molar-refractivity contribution in [2.24, 2.45) is 4.99 Å². The summed E-state index contributed by atoms with van der Waals surface area (Å²) in [6, 6.07) is 2.57. The zero-order valence-corrected chi connectivity index (χ0v) is 15.3. The highest BCUT2D eigenvalue weighted by Crippen LogP contribution is 2.16. The summed E-state index contributed by atoms with van der Waals surface area (Å²) < 4.78 is 18.5. The second-order valence-corrected chi connectivity index (χ2v) is 6.53. The molecule has 2 amide bonds. The molecular formula is C17H18ClFN4O4. The third-order valence-electron chi connectivity index (χ3n) is 4.30. The van der Waals surface area contributed by atoms with E-state index in [-0.39, 0.29) is 17.5 Å². The van der Waals surface area contributed by atoms with Crippen LogP contribution in [-0.4, -0.2) is 72.7 Å². The van der Waals surface area contributed by atoms with E-state index in [4.69, 9.17) is 16.3 Å². The van der Waals surface area contributed by atoms with Crippen molar-refractivity contribution in [3.05, 3.63) is 34.6 Å². The monoisotopic (exact) mass is 396 g/mol. The van der Waals surface area contributed by atoms with E-state index in [0.717, 1.165) is 4.90 Å². The van der Waals surface area contributed by atoms with Crippen LogP contribution in [0.15, 0.2) is 23.2 Å². The summed E-state index contributed by atoms with van der Waals surface area (Å²) in [5, 5.41) is 2.47. The summed E-state index contributed by atoms with van der Waals surface area (Å²) in [5.74, 6) is -2.69. The van der Waals surface area contributed by atoms with Gasteiger partial charge in [0.25, 0.3) is 17.6 Å². The molecule has 1 atom stereocenters. The molecule has 27 heavy (non-hydrogen) atoms. The van der Waals surface area contributed by atoms with Gasteiger partial charge in [-0.15, -0.1) is 0 Å². The number of morpholine rings is 1. The van der Waals surface area contributed by atoms with Crippen LogP contribution in [0.25, 0.3) is 0 Å². The molecule has 1 aromatic rings. The van der Waals surface area contributed by atoms with Crippen molar-refractivity contribution < 1.29 is 23.5 Å². The van der Waals surface area contributed by atoms with Crippen LogP contribution in [0.4, 0.5) is 4.39 Å². The molecule has 0 saturated carbocycles. The maximum atomic E-state index is 13.2. The lowest BCUT2D eigenvalue weighted by Crippen LogP contribution is -2.58. The Hall–Kier alpha value is -2.52. The molecule has 144 valence electrons. The maximum Gasteiger partial charge on any atom is 0.299 e. The number of hydrogen-bond acceptors (Lipinski definition) is 6. The number of carbonyl (C=O) groups is 3. The summed E-state index contributed by atoms with van der Waals surface area (Å²) in [4.78, 5) is 44.1. The van der Waals surface area contributed by atoms with Crippen molar-refractivity contribution in [2.45, 2.75) is 12.6 Å². The van der Waals surface area contributed by atoms with Crippen LogP contribution in [0, 0.1) is 5.82 Å². The lowest BCUT2D eigenvalue weighted by Gasteiger charge is -2.36. The quantitative estimate of drug-likeness (QED) is 0.582. The lowest BCUT2D eigenvalue weighted by atomic mass is 10.1. The number of ether oxygens (including phenoxy) is 1. The smallest absolute Gasteiger partial charge is 0.299 e. The Balaban J connectivity index is 1.74. The zero-order chi connectivity index (χ0) is 19.6. The summed E-state index contributed by atoms with van der Waals surface area (Å²) in [5.41, 5.74) is 0.554. The molecule has 0 radical (unpaired) electrons. The van der Waals surface area contributed by atoms with Gasteiger partial charge in [-0.05, 0) is 17.7 Å². The first kappa shape index (κ1) is 19.2. The van der Waals surface area contributed by atoms with Gasteiger partial charge in [0, 0.05) is 26.7 Å². The molecule has 1 unspecified atom stereocenters. The van der Waals surface area contributed by atoms with Crippen molar-refractivity contribution in [3.8, 4) is 0 Å². The topological polar surface area (TPSA) is 91.3 Å². The Bertz CT molecular complexity index is 810. The number of guanidine groups is 1. The number of likely N-dealkylation sites (N-methyl/N-ethyl adjacent to an activating group) is 1. The summed E-state index contributed by atoms with van der Waals surface area (Å²) in [6.45, 7) is 1.98. The Morgan fingerprint density at radius 3 is 2.74 bits per heavy atom. The molecule has 0 aromatic heterocycles. The fourth-order valence-corrected chi connectivity index (χ4v) is 3.01. The highest BCUT2D eigenvalue weighted by atomic mass is 35.5. The van der Waals surface area contributed by atoms with Crippen LogP contribution >= 0.6 is 11.6 Å². The van der Waals surface area contributed by atoms with Crippen molar-refractivity contribution in [1.29, 1.82) is 0 Å². The highest BCUT2D eigenvalue weighted by molar-refractivity contribution is 6.45. The van der Waals surface area contributed by atoms with Crippen LogP contribution in [0.5, 0.6) is 0 Å². The van der Waals surface area contributed by atoms with Crippen molar-refractivity contribution in [3.63, 3.8) is 0 Å². The van der Waals surface area contributed by atoms with Crippen LogP contribution in [-0.2, 0) is 25.7 Å². The average Bonchev–Trinajstić information content (AvgIpc) is 2.68. The number of aliphatic imine (C=N–C) groups is 1. The normalized spacial score (nSPS) is 20.6. The van der Waals surface area contributed by atoms with Gasteiger partial charge in [0.05, 0.1) is 18.2 Å². The summed E-state index contributed by atoms with van der Waals surface area (Å²) in [7, 11) is 1.45. The van der Waals surface area contributed by atoms with Gasteiger partial charge in [0.2, 0.25) is 5.96 Å². The summed E-state index contributed by atoms with van der Waals surface area (Å²) >= 11 is 5.71. The molecule has 1 N–H and O–H groups in total. The van der Waals surface area contributed by atoms with Crippen LogP contribution in [0.2, 0.25) is 5.02 Å². The Morgan fingerprint density at radius 2 is 2.07 bits per heavy atom. The lowest BCUT2D eigenvalue weighted by molar-refractivity contribution is -0.145. The number of carbonyl (C=O) groups excluding carboxylic acids is 3. The number of nitrogens with zero attached hydrogens (tertiary/aromatic N) is 3. The minimum atomic E-state index is -1.46. The van der Waals surface area contributed by atoms with Crippen molar-refractivity contribution in [2.75, 3.05) is 33.4 Å². The van der Waals surface area contributed by atoms with E-state index in [0.29, 0.717) is 31.9 Å². The van der Waals surface area contributed by atoms with E-state index in [2.05, 4.69) is 10.3 Å². The SMILES string of the molecule is CN1C(=O)C(=O)C(C(=O)NCc2ccc(F)c(Cl)c2)N=C1N1CCOCC1.